The molecule has 1 aromatic carbocycles. The molecule has 3 aromatic rings. The predicted octanol–water partition coefficient (Wildman–Crippen LogP) is 5.35. The van der Waals surface area contributed by atoms with Crippen LogP contribution in [0.3, 0.4) is 0 Å². The van der Waals surface area contributed by atoms with Crippen LogP contribution in [0.4, 0.5) is 0 Å². The van der Waals surface area contributed by atoms with Gasteiger partial charge in [-0.05, 0) is 59.1 Å². The maximum absolute atomic E-state index is 13.2. The van der Waals surface area contributed by atoms with E-state index in [0.29, 0.717) is 16.3 Å². The Kier molecular flexibility index (Phi) is 5.55. The number of sulfonamides is 1. The van der Waals surface area contributed by atoms with Crippen molar-refractivity contribution in [3.63, 3.8) is 0 Å². The van der Waals surface area contributed by atoms with E-state index in [4.69, 9.17) is 27.6 Å². The third-order valence-electron chi connectivity index (χ3n) is 3.68. The Morgan fingerprint density at radius 2 is 1.96 bits per heavy atom. The monoisotopic (exact) mass is 415 g/mol. The molecule has 0 saturated carbocycles. The summed E-state index contributed by atoms with van der Waals surface area (Å²) >= 11 is 13.7. The summed E-state index contributed by atoms with van der Waals surface area (Å²) in [6, 6.07) is 8.32. The van der Waals surface area contributed by atoms with Gasteiger partial charge in [0.15, 0.2) is 0 Å². The zero-order valence-electron chi connectivity index (χ0n) is 13.3. The molecule has 0 radical (unpaired) electrons. The summed E-state index contributed by atoms with van der Waals surface area (Å²) in [5.41, 5.74) is 1.56. The highest BCUT2D eigenvalue weighted by Crippen LogP contribution is 2.31. The van der Waals surface area contributed by atoms with E-state index in [1.165, 1.54) is 34.0 Å². The molecule has 2 aromatic heterocycles. The predicted molar refractivity (Wildman–Crippen MR) is 101 cm³/mol. The molecule has 8 heteroatoms. The van der Waals surface area contributed by atoms with Gasteiger partial charge >= 0.3 is 0 Å². The highest BCUT2D eigenvalue weighted by atomic mass is 35.5. The van der Waals surface area contributed by atoms with Crippen LogP contribution in [-0.4, -0.2) is 12.7 Å². The molecule has 0 amide bonds. The Labute approximate surface area is 160 Å². The minimum absolute atomic E-state index is 0.0397. The van der Waals surface area contributed by atoms with Gasteiger partial charge in [-0.15, -0.1) is 0 Å². The van der Waals surface area contributed by atoms with Crippen LogP contribution in [0.25, 0.3) is 0 Å². The molecule has 0 atom stereocenters. The summed E-state index contributed by atoms with van der Waals surface area (Å²) in [7, 11) is -3.84. The number of thiophene rings is 1. The van der Waals surface area contributed by atoms with Crippen molar-refractivity contribution < 1.29 is 12.8 Å². The zero-order chi connectivity index (χ0) is 18.0. The maximum Gasteiger partial charge on any atom is 0.245 e. The fourth-order valence-electron chi connectivity index (χ4n) is 2.36. The Hall–Kier alpha value is -1.31. The molecule has 0 fully saturated rings. The van der Waals surface area contributed by atoms with Gasteiger partial charge in [-0.3, -0.25) is 0 Å². The summed E-state index contributed by atoms with van der Waals surface area (Å²) in [5.74, 6) is 0.556. The highest BCUT2D eigenvalue weighted by molar-refractivity contribution is 7.89. The molecule has 4 nitrogen and oxygen atoms in total. The van der Waals surface area contributed by atoms with Gasteiger partial charge in [-0.2, -0.15) is 15.6 Å². The molecular formula is C17H15Cl2NO3S2. The number of rotatable bonds is 6. The highest BCUT2D eigenvalue weighted by Gasteiger charge is 2.28. The quantitative estimate of drug-likeness (QED) is 0.545. The van der Waals surface area contributed by atoms with E-state index in [2.05, 4.69) is 0 Å². The molecule has 132 valence electrons. The van der Waals surface area contributed by atoms with E-state index in [1.807, 2.05) is 16.8 Å². The summed E-state index contributed by atoms with van der Waals surface area (Å²) < 4.78 is 33.1. The van der Waals surface area contributed by atoms with Crippen LogP contribution >= 0.6 is 34.5 Å². The fraction of sp³-hybridized carbons (Fsp3) is 0.176. The number of aryl methyl sites for hydroxylation is 1. The standard InChI is InChI=1S/C17H15Cl2NO3S2/c1-12-7-17(16(19)8-15(12)18)25(21,22)20(9-13-4-6-24-11-13)10-14-3-2-5-23-14/h2-8,11H,9-10H2,1H3. The summed E-state index contributed by atoms with van der Waals surface area (Å²) in [5, 5.41) is 4.36. The van der Waals surface area contributed by atoms with Crippen molar-refractivity contribution in [2.75, 3.05) is 0 Å². The Bertz CT molecular complexity index is 916. The molecule has 0 unspecified atom stereocenters. The molecule has 0 aliphatic rings. The van der Waals surface area contributed by atoms with Crippen LogP contribution in [0, 0.1) is 6.92 Å². The van der Waals surface area contributed by atoms with E-state index in [1.54, 1.807) is 19.1 Å². The SMILES string of the molecule is Cc1cc(S(=O)(=O)N(Cc2ccsc2)Cc2ccco2)c(Cl)cc1Cl. The first-order valence-electron chi connectivity index (χ1n) is 7.37. The number of halogens is 2. The largest absolute Gasteiger partial charge is 0.468 e. The molecule has 2 heterocycles. The zero-order valence-corrected chi connectivity index (χ0v) is 16.4. The second-order valence-corrected chi connectivity index (χ2v) is 9.02. The van der Waals surface area contributed by atoms with Gasteiger partial charge in [0.1, 0.15) is 10.7 Å². The summed E-state index contributed by atoms with van der Waals surface area (Å²) in [6.07, 6.45) is 1.52. The minimum Gasteiger partial charge on any atom is -0.468 e. The molecule has 25 heavy (non-hydrogen) atoms. The second-order valence-electron chi connectivity index (χ2n) is 5.52. The lowest BCUT2D eigenvalue weighted by Gasteiger charge is -2.22. The molecule has 3 rings (SSSR count). The topological polar surface area (TPSA) is 50.5 Å². The number of hydrogen-bond acceptors (Lipinski definition) is 4. The lowest BCUT2D eigenvalue weighted by atomic mass is 10.2. The van der Waals surface area contributed by atoms with Crippen LogP contribution in [0.2, 0.25) is 10.0 Å². The third-order valence-corrected chi connectivity index (χ3v) is 7.08. The van der Waals surface area contributed by atoms with Crippen molar-refractivity contribution in [2.45, 2.75) is 24.9 Å². The van der Waals surface area contributed by atoms with E-state index in [9.17, 15) is 8.42 Å². The molecular weight excluding hydrogens is 401 g/mol. The van der Waals surface area contributed by atoms with Gasteiger partial charge < -0.3 is 4.42 Å². The van der Waals surface area contributed by atoms with Crippen LogP contribution in [0.15, 0.2) is 56.7 Å². The summed E-state index contributed by atoms with van der Waals surface area (Å²) in [4.78, 5) is 0.0397. The fourth-order valence-corrected chi connectivity index (χ4v) is 5.22. The van der Waals surface area contributed by atoms with E-state index < -0.39 is 10.0 Å². The number of nitrogens with zero attached hydrogens (tertiary/aromatic N) is 1. The molecule has 0 aliphatic carbocycles. The van der Waals surface area contributed by atoms with E-state index in [-0.39, 0.29) is 23.0 Å². The van der Waals surface area contributed by atoms with Crippen molar-refractivity contribution in [2.24, 2.45) is 0 Å². The number of benzene rings is 1. The van der Waals surface area contributed by atoms with Gasteiger partial charge in [-0.1, -0.05) is 23.2 Å². The lowest BCUT2D eigenvalue weighted by Crippen LogP contribution is -2.30. The van der Waals surface area contributed by atoms with Crippen LogP contribution in [0.1, 0.15) is 16.9 Å². The smallest absolute Gasteiger partial charge is 0.245 e. The van der Waals surface area contributed by atoms with Crippen molar-refractivity contribution in [1.82, 2.24) is 4.31 Å². The van der Waals surface area contributed by atoms with Gasteiger partial charge in [0, 0.05) is 11.6 Å². The van der Waals surface area contributed by atoms with Gasteiger partial charge in [0.25, 0.3) is 0 Å². The van der Waals surface area contributed by atoms with Crippen LogP contribution < -0.4 is 0 Å². The van der Waals surface area contributed by atoms with Crippen LogP contribution in [-0.2, 0) is 23.1 Å². The molecule has 0 bridgehead atoms. The van der Waals surface area contributed by atoms with E-state index >= 15 is 0 Å². The summed E-state index contributed by atoms with van der Waals surface area (Å²) in [6.45, 7) is 2.08. The second kappa shape index (κ2) is 7.51. The van der Waals surface area contributed by atoms with E-state index in [0.717, 1.165) is 5.56 Å². The first-order valence-corrected chi connectivity index (χ1v) is 10.5. The van der Waals surface area contributed by atoms with Gasteiger partial charge in [0.2, 0.25) is 10.0 Å². The van der Waals surface area contributed by atoms with Crippen molar-refractivity contribution in [3.05, 3.63) is 74.3 Å². The van der Waals surface area contributed by atoms with Crippen molar-refractivity contribution in [1.29, 1.82) is 0 Å². The van der Waals surface area contributed by atoms with Crippen LogP contribution in [0.5, 0.6) is 0 Å². The normalized spacial score (nSPS) is 12.0. The maximum atomic E-state index is 13.2. The number of hydrogen-bond donors (Lipinski definition) is 0. The van der Waals surface area contributed by atoms with Crippen molar-refractivity contribution in [3.8, 4) is 0 Å². The first kappa shape index (κ1) is 18.5. The molecule has 0 aliphatic heterocycles. The Morgan fingerprint density at radius 3 is 2.60 bits per heavy atom. The Balaban J connectivity index is 2.02. The lowest BCUT2D eigenvalue weighted by molar-refractivity contribution is 0.359. The van der Waals surface area contributed by atoms with Crippen molar-refractivity contribution >= 4 is 44.6 Å². The third kappa shape index (κ3) is 4.10. The van der Waals surface area contributed by atoms with Gasteiger partial charge in [0.05, 0.1) is 17.8 Å². The Morgan fingerprint density at radius 1 is 1.16 bits per heavy atom. The molecule has 0 N–H and O–H groups in total. The van der Waals surface area contributed by atoms with Gasteiger partial charge in [-0.25, -0.2) is 8.42 Å². The first-order chi connectivity index (χ1) is 11.9. The number of furan rings is 1. The molecule has 0 spiro atoms. The molecule has 0 saturated heterocycles. The minimum atomic E-state index is -3.84. The average Bonchev–Trinajstić information content (AvgIpc) is 3.23. The average molecular weight is 416 g/mol.